The first-order valence-corrected chi connectivity index (χ1v) is 6.58. The average Bonchev–Trinajstić information content (AvgIpc) is 2.88. The largest absolute Gasteiger partial charge is 0.380 e. The third-order valence-electron chi connectivity index (χ3n) is 3.62. The van der Waals surface area contributed by atoms with E-state index in [1.807, 2.05) is 6.07 Å². The third-order valence-corrected chi connectivity index (χ3v) is 3.62. The van der Waals surface area contributed by atoms with E-state index in [0.29, 0.717) is 13.2 Å². The normalized spacial score (nSPS) is 23.4. The molecule has 0 bridgehead atoms. The van der Waals surface area contributed by atoms with Crippen LogP contribution in [-0.2, 0) is 16.1 Å². The van der Waals surface area contributed by atoms with Gasteiger partial charge in [-0.2, -0.15) is 0 Å². The Morgan fingerprint density at radius 2 is 2.17 bits per heavy atom. The van der Waals surface area contributed by atoms with Crippen molar-refractivity contribution >= 4 is 6.29 Å². The Morgan fingerprint density at radius 1 is 1.39 bits per heavy atom. The van der Waals surface area contributed by atoms with Gasteiger partial charge >= 0.3 is 0 Å². The maximum absolute atomic E-state index is 11.3. The van der Waals surface area contributed by atoms with Crippen molar-refractivity contribution in [1.29, 1.82) is 0 Å². The molecule has 98 valence electrons. The summed E-state index contributed by atoms with van der Waals surface area (Å²) >= 11 is 0. The van der Waals surface area contributed by atoms with Gasteiger partial charge in [0.15, 0.2) is 0 Å². The van der Waals surface area contributed by atoms with Gasteiger partial charge in [-0.3, -0.25) is 4.90 Å². The highest BCUT2D eigenvalue weighted by Crippen LogP contribution is 2.27. The van der Waals surface area contributed by atoms with E-state index in [0.717, 1.165) is 32.3 Å². The summed E-state index contributed by atoms with van der Waals surface area (Å²) in [5.41, 5.74) is 1.00. The minimum Gasteiger partial charge on any atom is -0.380 e. The van der Waals surface area contributed by atoms with E-state index >= 15 is 0 Å². The van der Waals surface area contributed by atoms with E-state index in [1.165, 1.54) is 5.56 Å². The van der Waals surface area contributed by atoms with Gasteiger partial charge in [0.05, 0.1) is 12.0 Å². The van der Waals surface area contributed by atoms with Crippen LogP contribution in [0.4, 0.5) is 0 Å². The minimum absolute atomic E-state index is 0.287. The van der Waals surface area contributed by atoms with Crippen molar-refractivity contribution in [2.45, 2.75) is 19.9 Å². The van der Waals surface area contributed by atoms with Crippen LogP contribution in [-0.4, -0.2) is 37.5 Å². The molecule has 1 saturated heterocycles. The molecule has 0 radical (unpaired) electrons. The fourth-order valence-electron chi connectivity index (χ4n) is 2.44. The van der Waals surface area contributed by atoms with Crippen molar-refractivity contribution < 1.29 is 9.53 Å². The predicted octanol–water partition coefficient (Wildman–Crippen LogP) is 2.11. The Hall–Kier alpha value is -1.19. The van der Waals surface area contributed by atoms with Gasteiger partial charge in [0, 0.05) is 19.7 Å². The molecule has 1 atom stereocenters. The average molecular weight is 247 g/mol. The van der Waals surface area contributed by atoms with Gasteiger partial charge < -0.3 is 9.53 Å². The Bertz CT molecular complexity index is 371. The first kappa shape index (κ1) is 13.2. The number of hydrogen-bond donors (Lipinski definition) is 0. The Labute approximate surface area is 109 Å². The lowest BCUT2D eigenvalue weighted by molar-refractivity contribution is -0.117. The lowest BCUT2D eigenvalue weighted by Gasteiger charge is -2.29. The molecule has 0 saturated carbocycles. The third kappa shape index (κ3) is 3.18. The Morgan fingerprint density at radius 3 is 2.72 bits per heavy atom. The molecule has 1 unspecified atom stereocenters. The number of rotatable bonds is 6. The van der Waals surface area contributed by atoms with Gasteiger partial charge in [-0.05, 0) is 18.5 Å². The summed E-state index contributed by atoms with van der Waals surface area (Å²) in [5, 5.41) is 0. The summed E-state index contributed by atoms with van der Waals surface area (Å²) in [4.78, 5) is 13.6. The van der Waals surface area contributed by atoms with Crippen LogP contribution in [0.1, 0.15) is 18.9 Å². The Balaban J connectivity index is 1.99. The number of benzene rings is 1. The molecule has 18 heavy (non-hydrogen) atoms. The molecule has 1 aromatic rings. The maximum atomic E-state index is 11.3. The lowest BCUT2D eigenvalue weighted by Crippen LogP contribution is -2.39. The van der Waals surface area contributed by atoms with E-state index in [-0.39, 0.29) is 5.41 Å². The number of aldehydes is 1. The van der Waals surface area contributed by atoms with Gasteiger partial charge in [-0.15, -0.1) is 0 Å². The molecule has 0 spiro atoms. The van der Waals surface area contributed by atoms with Gasteiger partial charge in [-0.25, -0.2) is 0 Å². The lowest BCUT2D eigenvalue weighted by atomic mass is 9.88. The molecule has 0 amide bonds. The number of ether oxygens (including phenoxy) is 1. The topological polar surface area (TPSA) is 29.5 Å². The molecular weight excluding hydrogens is 226 g/mol. The van der Waals surface area contributed by atoms with Gasteiger partial charge in [0.1, 0.15) is 6.29 Å². The first-order valence-electron chi connectivity index (χ1n) is 6.58. The summed E-state index contributed by atoms with van der Waals surface area (Å²) < 4.78 is 5.39. The molecule has 1 aliphatic rings. The van der Waals surface area contributed by atoms with Crippen LogP contribution in [0.2, 0.25) is 0 Å². The molecular formula is C15H21NO2. The molecule has 0 N–H and O–H groups in total. The van der Waals surface area contributed by atoms with E-state index in [1.54, 1.807) is 0 Å². The van der Waals surface area contributed by atoms with E-state index in [9.17, 15) is 4.79 Å². The van der Waals surface area contributed by atoms with E-state index < -0.39 is 0 Å². The van der Waals surface area contributed by atoms with Crippen molar-refractivity contribution in [2.75, 3.05) is 26.3 Å². The minimum atomic E-state index is -0.287. The van der Waals surface area contributed by atoms with Crippen molar-refractivity contribution in [3.05, 3.63) is 35.9 Å². The fourth-order valence-corrected chi connectivity index (χ4v) is 2.44. The molecule has 1 aromatic carbocycles. The molecule has 3 heteroatoms. The highest BCUT2D eigenvalue weighted by molar-refractivity contribution is 5.60. The standard InChI is InChI=1S/C15H21NO2/c1-2-16(10-14-6-4-3-5-7-14)11-15(12-17)8-9-18-13-15/h3-7,12H,2,8-11,13H2,1H3. The summed E-state index contributed by atoms with van der Waals surface area (Å²) in [6.45, 7) is 6.06. The SMILES string of the molecule is CCN(Cc1ccccc1)CC1(C=O)CCOC1. The number of hydrogen-bond acceptors (Lipinski definition) is 3. The highest BCUT2D eigenvalue weighted by atomic mass is 16.5. The summed E-state index contributed by atoms with van der Waals surface area (Å²) in [6.07, 6.45) is 1.94. The van der Waals surface area contributed by atoms with Crippen molar-refractivity contribution in [1.82, 2.24) is 4.90 Å². The second-order valence-electron chi connectivity index (χ2n) is 5.07. The molecule has 3 nitrogen and oxygen atoms in total. The van der Waals surface area contributed by atoms with Crippen LogP contribution in [0, 0.1) is 5.41 Å². The van der Waals surface area contributed by atoms with Crippen LogP contribution in [0.15, 0.2) is 30.3 Å². The maximum Gasteiger partial charge on any atom is 0.129 e. The van der Waals surface area contributed by atoms with E-state index in [4.69, 9.17) is 4.74 Å². The highest BCUT2D eigenvalue weighted by Gasteiger charge is 2.36. The first-order chi connectivity index (χ1) is 8.78. The zero-order valence-corrected chi connectivity index (χ0v) is 11.0. The molecule has 1 aliphatic heterocycles. The summed E-state index contributed by atoms with van der Waals surface area (Å²) in [5.74, 6) is 0. The number of carbonyl (C=O) groups excluding carboxylic acids is 1. The number of carbonyl (C=O) groups is 1. The van der Waals surface area contributed by atoms with Gasteiger partial charge in [0.25, 0.3) is 0 Å². The van der Waals surface area contributed by atoms with Crippen molar-refractivity contribution in [3.63, 3.8) is 0 Å². The second kappa shape index (κ2) is 6.12. The fraction of sp³-hybridized carbons (Fsp3) is 0.533. The smallest absolute Gasteiger partial charge is 0.129 e. The van der Waals surface area contributed by atoms with Gasteiger partial charge in [0.2, 0.25) is 0 Å². The van der Waals surface area contributed by atoms with Crippen LogP contribution in [0.5, 0.6) is 0 Å². The molecule has 2 rings (SSSR count). The molecule has 0 aliphatic carbocycles. The monoisotopic (exact) mass is 247 g/mol. The van der Waals surface area contributed by atoms with Crippen LogP contribution in [0.3, 0.4) is 0 Å². The zero-order valence-electron chi connectivity index (χ0n) is 11.0. The molecule has 1 fully saturated rings. The summed E-state index contributed by atoms with van der Waals surface area (Å²) in [6, 6.07) is 10.4. The zero-order chi connectivity index (χ0) is 12.8. The van der Waals surface area contributed by atoms with Crippen LogP contribution < -0.4 is 0 Å². The van der Waals surface area contributed by atoms with Crippen LogP contribution >= 0.6 is 0 Å². The van der Waals surface area contributed by atoms with Crippen molar-refractivity contribution in [3.8, 4) is 0 Å². The quantitative estimate of drug-likeness (QED) is 0.721. The summed E-state index contributed by atoms with van der Waals surface area (Å²) in [7, 11) is 0. The van der Waals surface area contributed by atoms with Crippen LogP contribution in [0.25, 0.3) is 0 Å². The number of nitrogens with zero attached hydrogens (tertiary/aromatic N) is 1. The Kier molecular flexibility index (Phi) is 4.50. The van der Waals surface area contributed by atoms with Crippen molar-refractivity contribution in [2.24, 2.45) is 5.41 Å². The van der Waals surface area contributed by atoms with E-state index in [2.05, 4.69) is 36.1 Å². The predicted molar refractivity (Wildman–Crippen MR) is 71.3 cm³/mol. The molecule has 0 aromatic heterocycles. The van der Waals surface area contributed by atoms with Gasteiger partial charge in [-0.1, -0.05) is 37.3 Å². The molecule has 1 heterocycles. The second-order valence-corrected chi connectivity index (χ2v) is 5.07.